The van der Waals surface area contributed by atoms with Crippen molar-refractivity contribution in [2.75, 3.05) is 26.7 Å². The van der Waals surface area contributed by atoms with Gasteiger partial charge in [-0.15, -0.1) is 24.0 Å². The van der Waals surface area contributed by atoms with Gasteiger partial charge in [0.2, 0.25) is 5.89 Å². The molecule has 0 bridgehead atoms. The van der Waals surface area contributed by atoms with Crippen molar-refractivity contribution in [2.24, 2.45) is 4.99 Å². The molecule has 1 aliphatic rings. The molecule has 6 nitrogen and oxygen atoms in total. The van der Waals surface area contributed by atoms with Crippen LogP contribution in [0.3, 0.4) is 0 Å². The molecule has 1 aliphatic heterocycles. The summed E-state index contributed by atoms with van der Waals surface area (Å²) in [4.78, 5) is 11.3. The lowest BCUT2D eigenvalue weighted by atomic mass is 10.0. The minimum atomic E-state index is 0. The summed E-state index contributed by atoms with van der Waals surface area (Å²) in [5, 5.41) is 6.86. The van der Waals surface area contributed by atoms with E-state index in [4.69, 9.17) is 4.42 Å². The maximum absolute atomic E-state index is 5.88. The van der Waals surface area contributed by atoms with Crippen molar-refractivity contribution in [3.8, 4) is 11.3 Å². The lowest BCUT2D eigenvalue weighted by molar-refractivity contribution is 0.203. The molecular formula is C22H34IN5O. The first-order valence-corrected chi connectivity index (χ1v) is 10.4. The van der Waals surface area contributed by atoms with Crippen molar-refractivity contribution in [1.29, 1.82) is 0 Å². The van der Waals surface area contributed by atoms with Gasteiger partial charge in [0.15, 0.2) is 11.7 Å². The van der Waals surface area contributed by atoms with Crippen molar-refractivity contribution in [3.05, 3.63) is 41.9 Å². The third-order valence-corrected chi connectivity index (χ3v) is 5.28. The Kier molecular flexibility index (Phi) is 9.93. The lowest BCUT2D eigenvalue weighted by Gasteiger charge is -2.33. The molecule has 0 amide bonds. The Morgan fingerprint density at radius 2 is 1.97 bits per heavy atom. The van der Waals surface area contributed by atoms with Crippen LogP contribution in [0.15, 0.2) is 39.9 Å². The lowest BCUT2D eigenvalue weighted by Crippen LogP contribution is -2.48. The number of nitrogens with zero attached hydrogens (tertiary/aromatic N) is 3. The zero-order valence-corrected chi connectivity index (χ0v) is 20.1. The summed E-state index contributed by atoms with van der Waals surface area (Å²) < 4.78 is 5.88. The molecule has 1 aromatic heterocycles. The molecule has 7 heteroatoms. The van der Waals surface area contributed by atoms with E-state index in [1.54, 1.807) is 13.2 Å². The number of likely N-dealkylation sites (tertiary alicyclic amines) is 1. The number of aryl methyl sites for hydroxylation is 1. The van der Waals surface area contributed by atoms with Gasteiger partial charge in [0.1, 0.15) is 0 Å². The Bertz CT molecular complexity index is 751. The zero-order chi connectivity index (χ0) is 19.8. The van der Waals surface area contributed by atoms with Crippen LogP contribution in [-0.2, 0) is 6.54 Å². The summed E-state index contributed by atoms with van der Waals surface area (Å²) in [5.74, 6) is 2.26. The Labute approximate surface area is 191 Å². The molecule has 1 aromatic carbocycles. The number of hydrogen-bond acceptors (Lipinski definition) is 4. The highest BCUT2D eigenvalue weighted by Crippen LogP contribution is 2.20. The van der Waals surface area contributed by atoms with E-state index in [2.05, 4.69) is 63.6 Å². The van der Waals surface area contributed by atoms with Crippen LogP contribution in [-0.4, -0.2) is 48.6 Å². The molecule has 2 heterocycles. The number of unbranched alkanes of at least 4 members (excludes halogenated alkanes) is 1. The minimum Gasteiger partial charge on any atom is -0.439 e. The van der Waals surface area contributed by atoms with Gasteiger partial charge in [0.25, 0.3) is 0 Å². The Balaban J connectivity index is 0.00000300. The van der Waals surface area contributed by atoms with Crippen molar-refractivity contribution >= 4 is 29.9 Å². The average Bonchev–Trinajstić information content (AvgIpc) is 3.20. The molecule has 2 aromatic rings. The highest BCUT2D eigenvalue weighted by atomic mass is 127. The largest absolute Gasteiger partial charge is 0.439 e. The number of hydrogen-bond donors (Lipinski definition) is 2. The summed E-state index contributed by atoms with van der Waals surface area (Å²) in [5.41, 5.74) is 2.28. The number of halogens is 1. The first-order valence-electron chi connectivity index (χ1n) is 10.4. The summed E-state index contributed by atoms with van der Waals surface area (Å²) in [6.07, 6.45) is 6.65. The quantitative estimate of drug-likeness (QED) is 0.332. The molecule has 0 aliphatic carbocycles. The first kappa shape index (κ1) is 23.7. The highest BCUT2D eigenvalue weighted by molar-refractivity contribution is 14.0. The van der Waals surface area contributed by atoms with Crippen LogP contribution in [0.1, 0.15) is 44.1 Å². The van der Waals surface area contributed by atoms with Crippen molar-refractivity contribution in [1.82, 2.24) is 20.5 Å². The van der Waals surface area contributed by atoms with Gasteiger partial charge < -0.3 is 20.0 Å². The van der Waals surface area contributed by atoms with Gasteiger partial charge in [-0.3, -0.25) is 4.99 Å². The standard InChI is InChI=1S/C22H33N5O.HI/c1-4-5-12-27-13-10-19(11-14-27)26-22(23-3)25-16-21-24-15-20(28-21)18-8-6-17(2)7-9-18;/h6-9,15,19H,4-5,10-14,16H2,1-3H3,(H2,23,25,26);1H. The minimum absolute atomic E-state index is 0. The van der Waals surface area contributed by atoms with Gasteiger partial charge in [0, 0.05) is 31.7 Å². The average molecular weight is 511 g/mol. The van der Waals surface area contributed by atoms with E-state index in [1.807, 2.05) is 0 Å². The van der Waals surface area contributed by atoms with Gasteiger partial charge in [-0.2, -0.15) is 0 Å². The molecule has 0 saturated carbocycles. The monoisotopic (exact) mass is 511 g/mol. The van der Waals surface area contributed by atoms with Crippen LogP contribution in [0.4, 0.5) is 0 Å². The van der Waals surface area contributed by atoms with Gasteiger partial charge in [0.05, 0.1) is 12.7 Å². The molecular weight excluding hydrogens is 477 g/mol. The maximum Gasteiger partial charge on any atom is 0.214 e. The topological polar surface area (TPSA) is 65.7 Å². The summed E-state index contributed by atoms with van der Waals surface area (Å²) in [7, 11) is 1.80. The van der Waals surface area contributed by atoms with E-state index >= 15 is 0 Å². The first-order chi connectivity index (χ1) is 13.7. The second-order valence-corrected chi connectivity index (χ2v) is 7.52. The number of piperidine rings is 1. The van der Waals surface area contributed by atoms with Gasteiger partial charge in [-0.05, 0) is 32.7 Å². The predicted octanol–water partition coefficient (Wildman–Crippen LogP) is 4.20. The Morgan fingerprint density at radius 1 is 1.24 bits per heavy atom. The number of benzene rings is 1. The van der Waals surface area contributed by atoms with Gasteiger partial charge in [-0.25, -0.2) is 4.98 Å². The molecule has 0 unspecified atom stereocenters. The van der Waals surface area contributed by atoms with Crippen LogP contribution in [0, 0.1) is 6.92 Å². The van der Waals surface area contributed by atoms with Gasteiger partial charge >= 0.3 is 0 Å². The molecule has 1 fully saturated rings. The molecule has 29 heavy (non-hydrogen) atoms. The van der Waals surface area contributed by atoms with Crippen molar-refractivity contribution < 1.29 is 4.42 Å². The van der Waals surface area contributed by atoms with Crippen LogP contribution in [0.5, 0.6) is 0 Å². The Hall–Kier alpha value is -1.61. The SMILES string of the molecule is CCCCN1CCC(NC(=NC)NCc2ncc(-c3ccc(C)cc3)o2)CC1.I. The molecule has 2 N–H and O–H groups in total. The second kappa shape index (κ2) is 12.2. The van der Waals surface area contributed by atoms with Crippen LogP contribution in [0.25, 0.3) is 11.3 Å². The van der Waals surface area contributed by atoms with E-state index < -0.39 is 0 Å². The third-order valence-electron chi connectivity index (χ3n) is 5.28. The maximum atomic E-state index is 5.88. The number of guanidine groups is 1. The number of rotatable bonds is 7. The normalized spacial score (nSPS) is 15.8. The third kappa shape index (κ3) is 7.29. The summed E-state index contributed by atoms with van der Waals surface area (Å²) in [6.45, 7) is 8.39. The van der Waals surface area contributed by atoms with Crippen molar-refractivity contribution in [3.63, 3.8) is 0 Å². The molecule has 0 radical (unpaired) electrons. The fraction of sp³-hybridized carbons (Fsp3) is 0.545. The number of aliphatic imine (C=N–C) groups is 1. The molecule has 0 atom stereocenters. The van der Waals surface area contributed by atoms with E-state index in [-0.39, 0.29) is 24.0 Å². The molecule has 160 valence electrons. The van der Waals surface area contributed by atoms with Crippen LogP contribution >= 0.6 is 24.0 Å². The number of nitrogens with one attached hydrogen (secondary N) is 2. The summed E-state index contributed by atoms with van der Waals surface area (Å²) in [6, 6.07) is 8.74. The molecule has 0 spiro atoms. The fourth-order valence-corrected chi connectivity index (χ4v) is 3.47. The Morgan fingerprint density at radius 3 is 2.62 bits per heavy atom. The highest BCUT2D eigenvalue weighted by Gasteiger charge is 2.19. The zero-order valence-electron chi connectivity index (χ0n) is 17.8. The second-order valence-electron chi connectivity index (χ2n) is 7.52. The number of aromatic nitrogens is 1. The molecule has 3 rings (SSSR count). The van der Waals surface area contributed by atoms with E-state index in [9.17, 15) is 0 Å². The van der Waals surface area contributed by atoms with Crippen molar-refractivity contribution in [2.45, 2.75) is 52.1 Å². The number of oxazole rings is 1. The smallest absolute Gasteiger partial charge is 0.214 e. The predicted molar refractivity (Wildman–Crippen MR) is 130 cm³/mol. The fourth-order valence-electron chi connectivity index (χ4n) is 3.47. The summed E-state index contributed by atoms with van der Waals surface area (Å²) >= 11 is 0. The van der Waals surface area contributed by atoms with E-state index in [0.717, 1.165) is 43.2 Å². The van der Waals surface area contributed by atoms with E-state index in [1.165, 1.54) is 24.9 Å². The van der Waals surface area contributed by atoms with Crippen LogP contribution < -0.4 is 10.6 Å². The molecule has 1 saturated heterocycles. The van der Waals surface area contributed by atoms with Crippen LogP contribution in [0.2, 0.25) is 0 Å². The van der Waals surface area contributed by atoms with E-state index in [0.29, 0.717) is 18.5 Å². The van der Waals surface area contributed by atoms with Gasteiger partial charge in [-0.1, -0.05) is 43.2 Å².